The smallest absolute Gasteiger partial charge is 0.185 e. The molecule has 3 saturated carbocycles. The lowest BCUT2D eigenvalue weighted by Crippen LogP contribution is -2.58. The molecule has 0 aromatic rings. The Morgan fingerprint density at radius 3 is 2.28 bits per heavy atom. The third kappa shape index (κ3) is 3.83. The van der Waals surface area contributed by atoms with Gasteiger partial charge in [-0.05, 0) is 108 Å². The molecule has 0 aromatic carbocycles. The molecule has 0 saturated heterocycles. The van der Waals surface area contributed by atoms with Gasteiger partial charge in [-0.25, -0.2) is 0 Å². The van der Waals surface area contributed by atoms with Crippen LogP contribution in [0.15, 0.2) is 11.6 Å². The fraction of sp³-hybridized carbons (Fsp3) is 0.815. The molecule has 3 fully saturated rings. The first-order valence-corrected chi connectivity index (χ1v) is 19.6. The number of hydrogen-bond donors (Lipinski definition) is 0. The molecule has 0 aliphatic heterocycles. The van der Waals surface area contributed by atoms with Crippen molar-refractivity contribution in [2.75, 3.05) is 0 Å². The number of hydrogen-bond acceptors (Lipinski definition) is 3. The summed E-state index contributed by atoms with van der Waals surface area (Å²) in [6.45, 7) is 16.0. The zero-order valence-electron chi connectivity index (χ0n) is 21.4. The third-order valence-electron chi connectivity index (χ3n) is 9.22. The molecular formula is C27H44O3Si2. The molecule has 4 rings (SSSR count). The van der Waals surface area contributed by atoms with Gasteiger partial charge in [0, 0.05) is 5.41 Å². The van der Waals surface area contributed by atoms with Gasteiger partial charge in [-0.2, -0.15) is 0 Å². The van der Waals surface area contributed by atoms with E-state index in [1.165, 1.54) is 18.3 Å². The molecule has 32 heavy (non-hydrogen) atoms. The molecule has 4 aliphatic carbocycles. The monoisotopic (exact) mass is 472 g/mol. The van der Waals surface area contributed by atoms with Crippen LogP contribution in [0.3, 0.4) is 0 Å². The number of fused-ring (bicyclic) bond motifs is 5. The fourth-order valence-electron chi connectivity index (χ4n) is 8.12. The molecule has 0 N–H and O–H groups in total. The molecule has 0 radical (unpaired) electrons. The van der Waals surface area contributed by atoms with E-state index in [1.807, 2.05) is 0 Å². The predicted molar refractivity (Wildman–Crippen MR) is 136 cm³/mol. The van der Waals surface area contributed by atoms with Crippen LogP contribution < -0.4 is 0 Å². The lowest BCUT2D eigenvalue weighted by Gasteiger charge is -2.59. The van der Waals surface area contributed by atoms with Crippen molar-refractivity contribution in [3.63, 3.8) is 0 Å². The Morgan fingerprint density at radius 1 is 1.00 bits per heavy atom. The van der Waals surface area contributed by atoms with Crippen molar-refractivity contribution < 1.29 is 13.6 Å². The summed E-state index contributed by atoms with van der Waals surface area (Å²) in [6, 6.07) is 0. The van der Waals surface area contributed by atoms with Gasteiger partial charge in [0.05, 0.1) is 11.5 Å². The molecule has 178 valence electrons. The van der Waals surface area contributed by atoms with Crippen LogP contribution in [0, 0.1) is 40.9 Å². The molecule has 0 amide bonds. The third-order valence-corrected chi connectivity index (χ3v) is 11.2. The highest BCUT2D eigenvalue weighted by Gasteiger charge is 2.65. The molecule has 0 spiro atoms. The SMILES string of the molecule is C#C[C@]1(O[Si](C)(C)C)CC[C@H]2[C@@H]3CCC4=C[C@@H](O[Si](C)(C)C)CC[C@]4(C=O)[C@H]3CC[C@@]21C. The average Bonchev–Trinajstić information content (AvgIpc) is 2.97. The van der Waals surface area contributed by atoms with Gasteiger partial charge in [0.1, 0.15) is 11.9 Å². The van der Waals surface area contributed by atoms with Crippen LogP contribution in [-0.4, -0.2) is 34.6 Å². The van der Waals surface area contributed by atoms with E-state index in [-0.39, 0.29) is 16.9 Å². The Morgan fingerprint density at radius 2 is 1.69 bits per heavy atom. The molecule has 0 unspecified atom stereocenters. The highest BCUT2D eigenvalue weighted by Crippen LogP contribution is 2.68. The van der Waals surface area contributed by atoms with E-state index >= 15 is 0 Å². The van der Waals surface area contributed by atoms with Gasteiger partial charge >= 0.3 is 0 Å². The van der Waals surface area contributed by atoms with Gasteiger partial charge in [0.15, 0.2) is 16.6 Å². The van der Waals surface area contributed by atoms with E-state index < -0.39 is 22.2 Å². The minimum Gasteiger partial charge on any atom is -0.411 e. The summed E-state index contributed by atoms with van der Waals surface area (Å²) < 4.78 is 13.3. The van der Waals surface area contributed by atoms with E-state index in [9.17, 15) is 4.79 Å². The normalized spacial score (nSPS) is 44.0. The number of rotatable bonds is 5. The molecule has 4 aliphatic rings. The van der Waals surface area contributed by atoms with Gasteiger partial charge < -0.3 is 13.6 Å². The van der Waals surface area contributed by atoms with Crippen molar-refractivity contribution in [1.29, 1.82) is 0 Å². The minimum atomic E-state index is -1.78. The Hall–Kier alpha value is -0.676. The van der Waals surface area contributed by atoms with Gasteiger partial charge in [-0.1, -0.05) is 24.5 Å². The first kappa shape index (κ1) is 24.4. The summed E-state index contributed by atoms with van der Waals surface area (Å²) in [5.41, 5.74) is 0.698. The zero-order valence-corrected chi connectivity index (χ0v) is 23.4. The molecule has 0 heterocycles. The zero-order chi connectivity index (χ0) is 23.6. The number of carbonyl (C=O) groups is 1. The highest BCUT2D eigenvalue weighted by molar-refractivity contribution is 6.70. The number of allylic oxidation sites excluding steroid dienone is 1. The Labute approximate surface area is 198 Å². The van der Waals surface area contributed by atoms with Crippen LogP contribution in [-0.2, 0) is 13.6 Å². The highest BCUT2D eigenvalue weighted by atomic mass is 28.4. The van der Waals surface area contributed by atoms with Crippen LogP contribution >= 0.6 is 0 Å². The maximum Gasteiger partial charge on any atom is 0.185 e. The molecule has 3 nitrogen and oxygen atoms in total. The lowest BCUT2D eigenvalue weighted by atomic mass is 9.46. The summed E-state index contributed by atoms with van der Waals surface area (Å²) >= 11 is 0. The quantitative estimate of drug-likeness (QED) is 0.196. The van der Waals surface area contributed by atoms with Crippen LogP contribution in [0.5, 0.6) is 0 Å². The number of terminal acetylenes is 1. The first-order chi connectivity index (χ1) is 14.8. The van der Waals surface area contributed by atoms with Crippen molar-refractivity contribution >= 4 is 22.9 Å². The van der Waals surface area contributed by atoms with Crippen molar-refractivity contribution in [3.8, 4) is 12.3 Å². The first-order valence-electron chi connectivity index (χ1n) is 12.8. The standard InChI is InChI=1S/C27H44O3Si2/c1-9-27(30-32(6,7)8)17-14-23-22-11-10-20-18-21(29-31(3,4)5)12-16-26(20,19-28)24(22)13-15-25(23,27)2/h1,18-19,21-24H,10-17H2,2-8H3/t21-,22-,23-,24-,25-,26+,27-/m0/s1. The number of aldehydes is 1. The fourth-order valence-corrected chi connectivity index (χ4v) is 10.7. The second-order valence-corrected chi connectivity index (χ2v) is 22.1. The average molecular weight is 473 g/mol. The lowest BCUT2D eigenvalue weighted by molar-refractivity contribution is -0.131. The van der Waals surface area contributed by atoms with Gasteiger partial charge in [0.2, 0.25) is 0 Å². The summed E-state index contributed by atoms with van der Waals surface area (Å²) in [7, 11) is -3.38. The molecular weight excluding hydrogens is 428 g/mol. The Balaban J connectivity index is 1.64. The van der Waals surface area contributed by atoms with Gasteiger partial charge in [0.25, 0.3) is 0 Å². The van der Waals surface area contributed by atoms with E-state index in [2.05, 4.69) is 58.2 Å². The second kappa shape index (κ2) is 7.94. The summed E-state index contributed by atoms with van der Waals surface area (Å²) in [5, 5.41) is 0. The summed E-state index contributed by atoms with van der Waals surface area (Å²) in [6.07, 6.45) is 18.5. The van der Waals surface area contributed by atoms with Crippen LogP contribution in [0.25, 0.3) is 0 Å². The number of carbonyl (C=O) groups excluding carboxylic acids is 1. The minimum absolute atomic E-state index is 0.0205. The second-order valence-electron chi connectivity index (χ2n) is 13.3. The molecule has 5 heteroatoms. The Kier molecular flexibility index (Phi) is 6.06. The largest absolute Gasteiger partial charge is 0.411 e. The van der Waals surface area contributed by atoms with E-state index in [1.54, 1.807) is 0 Å². The maximum absolute atomic E-state index is 12.8. The van der Waals surface area contributed by atoms with Gasteiger partial charge in [-0.3, -0.25) is 0 Å². The maximum atomic E-state index is 12.8. The van der Waals surface area contributed by atoms with Crippen molar-refractivity contribution in [1.82, 2.24) is 0 Å². The summed E-state index contributed by atoms with van der Waals surface area (Å²) in [5.74, 6) is 4.78. The topological polar surface area (TPSA) is 35.5 Å². The predicted octanol–water partition coefficient (Wildman–Crippen LogP) is 6.57. The van der Waals surface area contributed by atoms with E-state index in [0.29, 0.717) is 17.8 Å². The van der Waals surface area contributed by atoms with Crippen LogP contribution in [0.4, 0.5) is 0 Å². The van der Waals surface area contributed by atoms with Crippen molar-refractivity contribution in [2.45, 2.75) is 109 Å². The van der Waals surface area contributed by atoms with Crippen LogP contribution in [0.2, 0.25) is 39.3 Å². The summed E-state index contributed by atoms with van der Waals surface area (Å²) in [4.78, 5) is 12.8. The van der Waals surface area contributed by atoms with E-state index in [0.717, 1.165) is 44.9 Å². The van der Waals surface area contributed by atoms with Crippen molar-refractivity contribution in [3.05, 3.63) is 11.6 Å². The molecule has 0 bridgehead atoms. The molecule has 0 aromatic heterocycles. The van der Waals surface area contributed by atoms with E-state index in [4.69, 9.17) is 15.3 Å². The van der Waals surface area contributed by atoms with Crippen molar-refractivity contribution in [2.24, 2.45) is 28.6 Å². The Bertz CT molecular complexity index is 831. The van der Waals surface area contributed by atoms with Crippen LogP contribution in [0.1, 0.15) is 58.3 Å². The van der Waals surface area contributed by atoms with Gasteiger partial charge in [-0.15, -0.1) is 6.42 Å². The molecule has 7 atom stereocenters.